The Bertz CT molecular complexity index is 477. The number of nitrogens with one attached hydrogen (secondary N) is 1. The molecule has 2 heterocycles. The van der Waals surface area contributed by atoms with Crippen LogP contribution in [0.15, 0.2) is 24.3 Å². The molecule has 0 aliphatic carbocycles. The maximum absolute atomic E-state index is 6.12. The van der Waals surface area contributed by atoms with Gasteiger partial charge < -0.3 is 9.47 Å². The molecule has 0 amide bonds. The molecule has 0 radical (unpaired) electrons. The van der Waals surface area contributed by atoms with Gasteiger partial charge in [-0.25, -0.2) is 0 Å². The van der Waals surface area contributed by atoms with Crippen LogP contribution in [0.3, 0.4) is 0 Å². The Morgan fingerprint density at radius 3 is 3.05 bits per heavy atom. The number of ether oxygens (including phenoxy) is 2. The highest BCUT2D eigenvalue weighted by Gasteiger charge is 2.42. The first kappa shape index (κ1) is 15.2. The van der Waals surface area contributed by atoms with E-state index >= 15 is 0 Å². The van der Waals surface area contributed by atoms with E-state index in [4.69, 9.17) is 15.3 Å². The minimum Gasteiger partial charge on any atom is -0.496 e. The summed E-state index contributed by atoms with van der Waals surface area (Å²) in [6.07, 6.45) is 3.28. The van der Waals surface area contributed by atoms with Gasteiger partial charge in [0, 0.05) is 17.9 Å². The van der Waals surface area contributed by atoms with Crippen molar-refractivity contribution in [1.29, 1.82) is 0 Å². The van der Waals surface area contributed by atoms with Gasteiger partial charge in [-0.15, -0.1) is 0 Å². The van der Waals surface area contributed by atoms with Crippen LogP contribution < -0.4 is 16.0 Å². The van der Waals surface area contributed by atoms with Crippen molar-refractivity contribution in [2.75, 3.05) is 25.2 Å². The molecule has 0 bridgehead atoms. The van der Waals surface area contributed by atoms with Gasteiger partial charge in [0.15, 0.2) is 0 Å². The van der Waals surface area contributed by atoms with Crippen LogP contribution in [0.25, 0.3) is 0 Å². The van der Waals surface area contributed by atoms with Gasteiger partial charge >= 0.3 is 0 Å². The Balaban J connectivity index is 1.82. The van der Waals surface area contributed by atoms with Gasteiger partial charge in [0.2, 0.25) is 0 Å². The summed E-state index contributed by atoms with van der Waals surface area (Å²) < 4.78 is 11.6. The van der Waals surface area contributed by atoms with Gasteiger partial charge in [0.1, 0.15) is 5.75 Å². The highest BCUT2D eigenvalue weighted by Crippen LogP contribution is 2.44. The molecular weight excluding hydrogens is 284 g/mol. The highest BCUT2D eigenvalue weighted by molar-refractivity contribution is 7.99. The van der Waals surface area contributed by atoms with Gasteiger partial charge in [0.25, 0.3) is 0 Å². The number of rotatable bonds is 4. The van der Waals surface area contributed by atoms with E-state index in [0.717, 1.165) is 42.9 Å². The zero-order valence-corrected chi connectivity index (χ0v) is 13.3. The van der Waals surface area contributed by atoms with Crippen molar-refractivity contribution in [3.05, 3.63) is 29.8 Å². The van der Waals surface area contributed by atoms with E-state index in [1.54, 1.807) is 7.11 Å². The Kier molecular flexibility index (Phi) is 4.74. The van der Waals surface area contributed by atoms with E-state index in [1.807, 2.05) is 30.0 Å². The van der Waals surface area contributed by atoms with Crippen LogP contribution in [-0.2, 0) is 4.74 Å². The van der Waals surface area contributed by atoms with Crippen LogP contribution in [0, 0.1) is 5.92 Å². The monoisotopic (exact) mass is 308 g/mol. The summed E-state index contributed by atoms with van der Waals surface area (Å²) in [4.78, 5) is 0. The SMILES string of the molecule is COc1ccccc1C(NN)C1CCOC2(CCSC2)C1. The summed E-state index contributed by atoms with van der Waals surface area (Å²) in [5.74, 6) is 9.61. The normalized spacial score (nSPS) is 30.5. The summed E-state index contributed by atoms with van der Waals surface area (Å²) in [5, 5.41) is 0. The third-order valence-corrected chi connectivity index (χ3v) is 5.95. The maximum Gasteiger partial charge on any atom is 0.123 e. The summed E-state index contributed by atoms with van der Waals surface area (Å²) in [6, 6.07) is 8.26. The van der Waals surface area contributed by atoms with Crippen molar-refractivity contribution in [3.8, 4) is 5.75 Å². The molecule has 2 saturated heterocycles. The number of thioether (sulfide) groups is 1. The fourth-order valence-corrected chi connectivity index (χ4v) is 4.99. The lowest BCUT2D eigenvalue weighted by molar-refractivity contribution is -0.0855. The molecule has 0 saturated carbocycles. The molecule has 3 atom stereocenters. The summed E-state index contributed by atoms with van der Waals surface area (Å²) >= 11 is 2.00. The predicted molar refractivity (Wildman–Crippen MR) is 86.4 cm³/mol. The van der Waals surface area contributed by atoms with Crippen molar-refractivity contribution in [1.82, 2.24) is 5.43 Å². The molecular formula is C16H24N2O2S. The number of para-hydroxylation sites is 1. The first-order chi connectivity index (χ1) is 10.3. The molecule has 3 unspecified atom stereocenters. The number of benzene rings is 1. The third-order valence-electron chi connectivity index (χ3n) is 4.72. The first-order valence-corrected chi connectivity index (χ1v) is 8.74. The first-order valence-electron chi connectivity index (χ1n) is 7.59. The fraction of sp³-hybridized carbons (Fsp3) is 0.625. The predicted octanol–water partition coefficient (Wildman–Crippen LogP) is 2.50. The van der Waals surface area contributed by atoms with E-state index in [-0.39, 0.29) is 11.6 Å². The van der Waals surface area contributed by atoms with Gasteiger partial charge in [-0.05, 0) is 37.0 Å². The average molecular weight is 308 g/mol. The van der Waals surface area contributed by atoms with Crippen LogP contribution in [0.2, 0.25) is 0 Å². The van der Waals surface area contributed by atoms with Crippen LogP contribution in [-0.4, -0.2) is 30.8 Å². The molecule has 2 aliphatic rings. The highest BCUT2D eigenvalue weighted by atomic mass is 32.2. The van der Waals surface area contributed by atoms with E-state index in [9.17, 15) is 0 Å². The minimum atomic E-state index is 0.0741. The molecule has 3 rings (SSSR count). The molecule has 1 spiro atoms. The second kappa shape index (κ2) is 6.57. The fourth-order valence-electron chi connectivity index (χ4n) is 3.62. The lowest BCUT2D eigenvalue weighted by Gasteiger charge is -2.41. The third kappa shape index (κ3) is 3.06. The summed E-state index contributed by atoms with van der Waals surface area (Å²) in [7, 11) is 1.71. The van der Waals surface area contributed by atoms with Gasteiger partial charge in [-0.3, -0.25) is 11.3 Å². The number of nitrogens with two attached hydrogens (primary N) is 1. The topological polar surface area (TPSA) is 56.5 Å². The quantitative estimate of drug-likeness (QED) is 0.661. The molecule has 1 aromatic carbocycles. The molecule has 21 heavy (non-hydrogen) atoms. The van der Waals surface area contributed by atoms with E-state index in [2.05, 4.69) is 11.5 Å². The van der Waals surface area contributed by atoms with E-state index in [1.165, 1.54) is 5.75 Å². The molecule has 4 nitrogen and oxygen atoms in total. The van der Waals surface area contributed by atoms with Crippen molar-refractivity contribution in [3.63, 3.8) is 0 Å². The van der Waals surface area contributed by atoms with Crippen LogP contribution in [0.5, 0.6) is 5.75 Å². The van der Waals surface area contributed by atoms with Crippen molar-refractivity contribution in [2.45, 2.75) is 30.9 Å². The smallest absolute Gasteiger partial charge is 0.123 e. The summed E-state index contributed by atoms with van der Waals surface area (Å²) in [5.41, 5.74) is 4.25. The zero-order valence-electron chi connectivity index (χ0n) is 12.5. The molecule has 3 N–H and O–H groups in total. The van der Waals surface area contributed by atoms with Crippen molar-refractivity contribution >= 4 is 11.8 Å². The van der Waals surface area contributed by atoms with Gasteiger partial charge in [0.05, 0.1) is 18.8 Å². The van der Waals surface area contributed by atoms with Crippen LogP contribution in [0.4, 0.5) is 0 Å². The van der Waals surface area contributed by atoms with Crippen molar-refractivity contribution in [2.24, 2.45) is 11.8 Å². The van der Waals surface area contributed by atoms with Crippen LogP contribution in [0.1, 0.15) is 30.9 Å². The van der Waals surface area contributed by atoms with Crippen molar-refractivity contribution < 1.29 is 9.47 Å². The Hall–Kier alpha value is -0.750. The maximum atomic E-state index is 6.12. The molecule has 116 valence electrons. The van der Waals surface area contributed by atoms with Gasteiger partial charge in [-0.1, -0.05) is 18.2 Å². The van der Waals surface area contributed by atoms with Crippen LogP contribution >= 0.6 is 11.8 Å². The minimum absolute atomic E-state index is 0.0741. The molecule has 5 heteroatoms. The second-order valence-corrected chi connectivity index (χ2v) is 7.08. The molecule has 2 fully saturated rings. The molecule has 0 aromatic heterocycles. The number of methoxy groups -OCH3 is 1. The average Bonchev–Trinajstić information content (AvgIpc) is 2.96. The van der Waals surface area contributed by atoms with Gasteiger partial charge in [-0.2, -0.15) is 11.8 Å². The lowest BCUT2D eigenvalue weighted by Crippen LogP contribution is -2.45. The van der Waals surface area contributed by atoms with E-state index < -0.39 is 0 Å². The summed E-state index contributed by atoms with van der Waals surface area (Å²) in [6.45, 7) is 0.832. The van der Waals surface area contributed by atoms with E-state index in [0.29, 0.717) is 5.92 Å². The number of hydrazine groups is 1. The Labute approximate surface area is 130 Å². The largest absolute Gasteiger partial charge is 0.496 e. The number of hydrogen-bond donors (Lipinski definition) is 2. The Morgan fingerprint density at radius 1 is 1.48 bits per heavy atom. The Morgan fingerprint density at radius 2 is 2.33 bits per heavy atom. The standard InChI is InChI=1S/C16H24N2O2S/c1-19-14-5-3-2-4-13(14)15(18-17)12-6-8-20-16(10-12)7-9-21-11-16/h2-5,12,15,18H,6-11,17H2,1H3. The number of hydrogen-bond acceptors (Lipinski definition) is 5. The molecule has 2 aliphatic heterocycles. The lowest BCUT2D eigenvalue weighted by atomic mass is 9.79. The second-order valence-electron chi connectivity index (χ2n) is 5.97. The molecule has 1 aromatic rings. The zero-order chi connectivity index (χ0) is 14.7.